The van der Waals surface area contributed by atoms with E-state index < -0.39 is 0 Å². The third-order valence-corrected chi connectivity index (χ3v) is 15.6. The summed E-state index contributed by atoms with van der Waals surface area (Å²) in [5.74, 6) is 3.35. The highest BCUT2D eigenvalue weighted by Crippen LogP contribution is 2.69. The quantitative estimate of drug-likeness (QED) is 0.175. The number of rotatable bonds is 4. The minimum Gasteiger partial charge on any atom is -0.309 e. The largest absolute Gasteiger partial charge is 0.309 e. The molecule has 60 heavy (non-hydrogen) atoms. The molecule has 0 amide bonds. The fourth-order valence-electron chi connectivity index (χ4n) is 13.5. The molecule has 0 unspecified atom stereocenters. The second kappa shape index (κ2) is 12.2. The second-order valence-electron chi connectivity index (χ2n) is 18.4. The Kier molecular flexibility index (Phi) is 6.73. The SMILES string of the molecule is c1cncc(-c2ccc(-n3c4ccccc4c4cc(-c5ccc6c(c5)c5ccccc5n6-c5ccc6c(c5)C5(c7ccccc7-6)C6CC7CC(C6)CC5C7)ccc43)cc2)c1. The Balaban J connectivity index is 0.902. The summed E-state index contributed by atoms with van der Waals surface area (Å²) in [7, 11) is 0. The summed E-state index contributed by atoms with van der Waals surface area (Å²) in [5.41, 5.74) is 18.5. The van der Waals surface area contributed by atoms with Crippen LogP contribution in [-0.4, -0.2) is 14.1 Å². The van der Waals surface area contributed by atoms with Crippen LogP contribution in [-0.2, 0) is 5.41 Å². The van der Waals surface area contributed by atoms with Crippen molar-refractivity contribution < 1.29 is 0 Å². The number of nitrogens with zero attached hydrogens (tertiary/aromatic N) is 3. The lowest BCUT2D eigenvalue weighted by Crippen LogP contribution is -2.55. The molecule has 10 aromatic rings. The van der Waals surface area contributed by atoms with Gasteiger partial charge in [0.15, 0.2) is 0 Å². The molecule has 7 aromatic carbocycles. The maximum Gasteiger partial charge on any atom is 0.0541 e. The molecule has 5 aliphatic carbocycles. The van der Waals surface area contributed by atoms with Crippen molar-refractivity contribution in [2.45, 2.75) is 37.5 Å². The molecule has 0 aliphatic heterocycles. The molecule has 5 aliphatic rings. The minimum atomic E-state index is 0.145. The lowest BCUT2D eigenvalue weighted by atomic mass is 9.43. The second-order valence-corrected chi connectivity index (χ2v) is 18.4. The van der Waals surface area contributed by atoms with Crippen LogP contribution in [0.3, 0.4) is 0 Å². The highest BCUT2D eigenvalue weighted by Gasteiger charge is 2.61. The van der Waals surface area contributed by atoms with Gasteiger partial charge in [0, 0.05) is 50.7 Å². The van der Waals surface area contributed by atoms with E-state index >= 15 is 0 Å². The van der Waals surface area contributed by atoms with Crippen molar-refractivity contribution in [3.63, 3.8) is 0 Å². The van der Waals surface area contributed by atoms with E-state index in [1.807, 2.05) is 18.5 Å². The van der Waals surface area contributed by atoms with Crippen LogP contribution in [0, 0.1) is 23.7 Å². The maximum absolute atomic E-state index is 4.33. The first-order valence-corrected chi connectivity index (χ1v) is 22.0. The average molecular weight is 770 g/mol. The molecule has 4 saturated carbocycles. The Morgan fingerprint density at radius 1 is 0.400 bits per heavy atom. The number of hydrogen-bond acceptors (Lipinski definition) is 1. The monoisotopic (exact) mass is 769 g/mol. The van der Waals surface area contributed by atoms with Gasteiger partial charge in [-0.25, -0.2) is 0 Å². The molecule has 0 radical (unpaired) electrons. The molecule has 3 heterocycles. The Hall–Kier alpha value is -6.71. The van der Waals surface area contributed by atoms with Gasteiger partial charge in [-0.05, 0) is 167 Å². The Bertz CT molecular complexity index is 3350. The standard InChI is InChI=1S/C57H43N3/c1-4-12-51-45(9-1)46-22-21-44(33-52(46)57(51)41-27-35-26-36(29-41)30-42(57)28-35)60-54-14-6-3-11-48(54)50-32-39(18-24-56(50)60)38-17-23-55-49(31-38)47-10-2-5-13-53(47)59(55)43-19-15-37(16-20-43)40-8-7-25-58-34-40/h1-25,31-36,41-42H,26-30H2. The van der Waals surface area contributed by atoms with E-state index in [0.29, 0.717) is 0 Å². The van der Waals surface area contributed by atoms with Crippen LogP contribution in [0.4, 0.5) is 0 Å². The van der Waals surface area contributed by atoms with E-state index in [1.54, 1.807) is 11.1 Å². The van der Waals surface area contributed by atoms with Crippen LogP contribution in [0.1, 0.15) is 43.2 Å². The lowest BCUT2D eigenvalue weighted by Gasteiger charge is -2.61. The summed E-state index contributed by atoms with van der Waals surface area (Å²) in [6.45, 7) is 0. The molecule has 0 atom stereocenters. The van der Waals surface area contributed by atoms with Gasteiger partial charge in [-0.2, -0.15) is 0 Å². The van der Waals surface area contributed by atoms with Crippen LogP contribution in [0.15, 0.2) is 176 Å². The number of para-hydroxylation sites is 2. The molecular formula is C57H43N3. The molecule has 3 heteroatoms. The third-order valence-electron chi connectivity index (χ3n) is 15.6. The molecule has 3 aromatic heterocycles. The maximum atomic E-state index is 4.33. The van der Waals surface area contributed by atoms with Gasteiger partial charge in [-0.1, -0.05) is 97.1 Å². The van der Waals surface area contributed by atoms with Crippen LogP contribution in [0.5, 0.6) is 0 Å². The van der Waals surface area contributed by atoms with E-state index in [1.165, 1.54) is 109 Å². The molecule has 4 bridgehead atoms. The lowest BCUT2D eigenvalue weighted by molar-refractivity contribution is -0.0399. The van der Waals surface area contributed by atoms with E-state index in [0.717, 1.165) is 34.9 Å². The predicted molar refractivity (Wildman–Crippen MR) is 247 cm³/mol. The number of hydrogen-bond donors (Lipinski definition) is 0. The minimum absolute atomic E-state index is 0.145. The van der Waals surface area contributed by atoms with Gasteiger partial charge in [0.25, 0.3) is 0 Å². The van der Waals surface area contributed by atoms with E-state index in [9.17, 15) is 0 Å². The van der Waals surface area contributed by atoms with E-state index in [-0.39, 0.29) is 5.41 Å². The first-order chi connectivity index (χ1) is 29.7. The topological polar surface area (TPSA) is 22.8 Å². The first kappa shape index (κ1) is 33.2. The zero-order valence-electron chi connectivity index (χ0n) is 33.4. The summed E-state index contributed by atoms with van der Waals surface area (Å²) >= 11 is 0. The zero-order chi connectivity index (χ0) is 39.1. The number of aromatic nitrogens is 3. The van der Waals surface area contributed by atoms with Gasteiger partial charge in [-0.15, -0.1) is 0 Å². The molecule has 4 fully saturated rings. The number of fused-ring (bicyclic) bond motifs is 9. The van der Waals surface area contributed by atoms with Gasteiger partial charge in [0.1, 0.15) is 0 Å². The van der Waals surface area contributed by atoms with E-state index in [4.69, 9.17) is 0 Å². The van der Waals surface area contributed by atoms with Crippen LogP contribution in [0.2, 0.25) is 0 Å². The molecule has 0 N–H and O–H groups in total. The highest BCUT2D eigenvalue weighted by molar-refractivity contribution is 6.12. The van der Waals surface area contributed by atoms with Gasteiger partial charge in [0.05, 0.1) is 22.1 Å². The van der Waals surface area contributed by atoms with Gasteiger partial charge < -0.3 is 9.13 Å². The highest BCUT2D eigenvalue weighted by atomic mass is 15.0. The molecule has 15 rings (SSSR count). The Morgan fingerprint density at radius 2 is 0.950 bits per heavy atom. The van der Waals surface area contributed by atoms with Gasteiger partial charge in [0.2, 0.25) is 0 Å². The van der Waals surface area contributed by atoms with E-state index in [2.05, 4.69) is 172 Å². The van der Waals surface area contributed by atoms with Gasteiger partial charge >= 0.3 is 0 Å². The zero-order valence-corrected chi connectivity index (χ0v) is 33.4. The fourth-order valence-corrected chi connectivity index (χ4v) is 13.5. The Labute approximate surface area is 349 Å². The normalized spacial score (nSPS) is 22.4. The van der Waals surface area contributed by atoms with Crippen molar-refractivity contribution in [3.8, 4) is 44.8 Å². The fraction of sp³-hybridized carbons (Fsp3) is 0.175. The first-order valence-electron chi connectivity index (χ1n) is 22.0. The predicted octanol–water partition coefficient (Wildman–Crippen LogP) is 14.3. The molecular weight excluding hydrogens is 727 g/mol. The van der Waals surface area contributed by atoms with Crippen molar-refractivity contribution in [3.05, 3.63) is 187 Å². The number of pyridine rings is 1. The van der Waals surface area contributed by atoms with Crippen molar-refractivity contribution in [1.29, 1.82) is 0 Å². The summed E-state index contributed by atoms with van der Waals surface area (Å²) in [5, 5.41) is 5.13. The van der Waals surface area contributed by atoms with Crippen molar-refractivity contribution in [2.75, 3.05) is 0 Å². The van der Waals surface area contributed by atoms with Crippen molar-refractivity contribution in [2.24, 2.45) is 23.7 Å². The van der Waals surface area contributed by atoms with Gasteiger partial charge in [-0.3, -0.25) is 4.98 Å². The van der Waals surface area contributed by atoms with Crippen molar-refractivity contribution >= 4 is 43.6 Å². The molecule has 3 nitrogen and oxygen atoms in total. The summed E-state index contributed by atoms with van der Waals surface area (Å²) < 4.78 is 4.96. The molecule has 1 spiro atoms. The number of benzene rings is 7. The smallest absolute Gasteiger partial charge is 0.0541 e. The van der Waals surface area contributed by atoms with Crippen LogP contribution < -0.4 is 0 Å². The summed E-state index contributed by atoms with van der Waals surface area (Å²) in [6, 6.07) is 62.0. The van der Waals surface area contributed by atoms with Crippen molar-refractivity contribution in [1.82, 2.24) is 14.1 Å². The average Bonchev–Trinajstić information content (AvgIpc) is 3.92. The van der Waals surface area contributed by atoms with Crippen LogP contribution >= 0.6 is 0 Å². The summed E-state index contributed by atoms with van der Waals surface area (Å²) in [6.07, 6.45) is 10.8. The molecule has 286 valence electrons. The summed E-state index contributed by atoms with van der Waals surface area (Å²) in [4.78, 5) is 4.33. The molecule has 0 saturated heterocycles. The Morgan fingerprint density at radius 3 is 1.60 bits per heavy atom. The third kappa shape index (κ3) is 4.42. The van der Waals surface area contributed by atoms with Crippen LogP contribution in [0.25, 0.3) is 88.4 Å².